The lowest BCUT2D eigenvalue weighted by molar-refractivity contribution is -0.142. The third-order valence-corrected chi connectivity index (χ3v) is 8.31. The maximum absolute atomic E-state index is 14.5. The molecule has 250 valence electrons. The van der Waals surface area contributed by atoms with E-state index in [1.807, 2.05) is 53.4 Å². The first kappa shape index (κ1) is 33.0. The van der Waals surface area contributed by atoms with Gasteiger partial charge in [0.15, 0.2) is 0 Å². The van der Waals surface area contributed by atoms with E-state index in [0.717, 1.165) is 22.0 Å². The Bertz CT molecular complexity index is 2080. The molecule has 1 aliphatic heterocycles. The lowest BCUT2D eigenvalue weighted by Gasteiger charge is -2.35. The number of aliphatic hydroxyl groups excluding tert-OH is 1. The van der Waals surface area contributed by atoms with Gasteiger partial charge in [-0.3, -0.25) is 14.4 Å². The summed E-state index contributed by atoms with van der Waals surface area (Å²) >= 11 is 0. The average molecular weight is 671 g/mol. The highest BCUT2D eigenvalue weighted by Crippen LogP contribution is 2.22. The summed E-state index contributed by atoms with van der Waals surface area (Å²) in [5, 5.41) is 11.0. The smallest absolute Gasteiger partial charge is 0.294 e. The number of amides is 1. The van der Waals surface area contributed by atoms with Gasteiger partial charge in [0.05, 0.1) is 12.1 Å². The van der Waals surface area contributed by atoms with Gasteiger partial charge in [-0.15, -0.1) is 0 Å². The molecule has 0 unspecified atom stereocenters. The molecule has 6 rings (SSSR count). The number of pyridine rings is 1. The van der Waals surface area contributed by atoms with Crippen LogP contribution in [0, 0.1) is 23.3 Å². The summed E-state index contributed by atoms with van der Waals surface area (Å²) in [4.78, 5) is 43.0. The van der Waals surface area contributed by atoms with Crippen molar-refractivity contribution in [3.63, 3.8) is 0 Å². The Labute approximate surface area is 278 Å². The highest BCUT2D eigenvalue weighted by molar-refractivity contribution is 6.41. The van der Waals surface area contributed by atoms with E-state index in [-0.39, 0.29) is 25.2 Å². The number of halogens is 4. The molecule has 0 atom stereocenters. The highest BCUT2D eigenvalue weighted by Gasteiger charge is 2.26. The number of anilines is 1. The van der Waals surface area contributed by atoms with Crippen molar-refractivity contribution in [2.24, 2.45) is 0 Å². The summed E-state index contributed by atoms with van der Waals surface area (Å²) in [7, 11) is 0. The Balaban J connectivity index is 1.20. The largest absolute Gasteiger partial charge is 0.507 e. The Morgan fingerprint density at radius 3 is 2.06 bits per heavy atom. The Hall–Kier alpha value is -5.91. The van der Waals surface area contributed by atoms with Crippen LogP contribution in [0.3, 0.4) is 0 Å². The molecule has 12 heteroatoms. The second kappa shape index (κ2) is 14.1. The molecule has 8 nitrogen and oxygen atoms in total. The number of hydrogen-bond acceptors (Lipinski definition) is 5. The molecule has 0 aliphatic carbocycles. The first-order valence-electron chi connectivity index (χ1n) is 15.4. The van der Waals surface area contributed by atoms with Gasteiger partial charge < -0.3 is 24.0 Å². The van der Waals surface area contributed by atoms with Crippen molar-refractivity contribution in [3.05, 3.63) is 159 Å². The number of piperazine rings is 1. The van der Waals surface area contributed by atoms with E-state index >= 15 is 0 Å². The van der Waals surface area contributed by atoms with Crippen molar-refractivity contribution >= 4 is 23.1 Å². The summed E-state index contributed by atoms with van der Waals surface area (Å²) in [6.07, 6.45) is 5.35. The Morgan fingerprint density at radius 1 is 0.755 bits per heavy atom. The predicted octanol–water partition coefficient (Wildman–Crippen LogP) is 5.65. The molecule has 0 radical (unpaired) electrons. The summed E-state index contributed by atoms with van der Waals surface area (Å²) in [6.45, 7) is 1.21. The summed E-state index contributed by atoms with van der Waals surface area (Å²) in [5.41, 5.74) is 0.725. The normalized spacial score (nSPS) is 13.5. The molecule has 2 aromatic heterocycles. The van der Waals surface area contributed by atoms with Gasteiger partial charge in [-0.1, -0.05) is 12.1 Å². The average Bonchev–Trinajstić information content (AvgIpc) is 3.63. The zero-order chi connectivity index (χ0) is 34.7. The van der Waals surface area contributed by atoms with E-state index in [1.54, 1.807) is 6.07 Å². The molecular weight excluding hydrogens is 640 g/mol. The molecule has 0 bridgehead atoms. The molecule has 1 fully saturated rings. The number of rotatable bonds is 9. The maximum Gasteiger partial charge on any atom is 0.294 e. The molecule has 5 aromatic rings. The molecule has 1 N–H and O–H groups in total. The second-order valence-electron chi connectivity index (χ2n) is 11.6. The fourth-order valence-corrected chi connectivity index (χ4v) is 5.80. The van der Waals surface area contributed by atoms with E-state index in [9.17, 15) is 37.1 Å². The van der Waals surface area contributed by atoms with Crippen LogP contribution in [0.5, 0.6) is 0 Å². The number of aliphatic hydroxyl groups is 1. The lowest BCUT2D eigenvalue weighted by atomic mass is 10.0. The van der Waals surface area contributed by atoms with E-state index in [4.69, 9.17) is 0 Å². The van der Waals surface area contributed by atoms with Crippen LogP contribution in [-0.2, 0) is 22.6 Å². The van der Waals surface area contributed by atoms with Crippen LogP contribution in [0.25, 0.3) is 11.4 Å². The van der Waals surface area contributed by atoms with Crippen molar-refractivity contribution in [1.29, 1.82) is 0 Å². The number of nitrogens with zero attached hydrogens (tertiary/aromatic N) is 4. The molecule has 1 saturated heterocycles. The van der Waals surface area contributed by atoms with Crippen LogP contribution in [0.15, 0.2) is 108 Å². The van der Waals surface area contributed by atoms with Crippen molar-refractivity contribution in [2.45, 2.75) is 13.0 Å². The van der Waals surface area contributed by atoms with E-state index in [2.05, 4.69) is 4.90 Å². The number of aromatic nitrogens is 2. The zero-order valence-electron chi connectivity index (χ0n) is 26.0. The van der Waals surface area contributed by atoms with Crippen LogP contribution in [0.4, 0.5) is 23.2 Å². The lowest BCUT2D eigenvalue weighted by Crippen LogP contribution is -2.50. The van der Waals surface area contributed by atoms with Crippen molar-refractivity contribution in [1.82, 2.24) is 14.0 Å². The summed E-state index contributed by atoms with van der Waals surface area (Å²) < 4.78 is 59.5. The second-order valence-corrected chi connectivity index (χ2v) is 11.6. The third-order valence-electron chi connectivity index (χ3n) is 8.31. The van der Waals surface area contributed by atoms with Gasteiger partial charge in [-0.25, -0.2) is 17.6 Å². The van der Waals surface area contributed by atoms with Crippen LogP contribution in [0.2, 0.25) is 0 Å². The van der Waals surface area contributed by atoms with Crippen LogP contribution >= 0.6 is 0 Å². The molecular formula is C37H30F4N4O4. The van der Waals surface area contributed by atoms with Gasteiger partial charge in [0.1, 0.15) is 29.0 Å². The fourth-order valence-electron chi connectivity index (χ4n) is 5.80. The van der Waals surface area contributed by atoms with Crippen LogP contribution < -0.4 is 10.5 Å². The van der Waals surface area contributed by atoms with Gasteiger partial charge >= 0.3 is 0 Å². The Kier molecular flexibility index (Phi) is 9.47. The van der Waals surface area contributed by atoms with Gasteiger partial charge in [0, 0.05) is 86.3 Å². The molecule has 3 heterocycles. The first-order valence-corrected chi connectivity index (χ1v) is 15.4. The van der Waals surface area contributed by atoms with E-state index in [0.29, 0.717) is 36.9 Å². The van der Waals surface area contributed by atoms with E-state index in [1.165, 1.54) is 29.3 Å². The monoisotopic (exact) mass is 670 g/mol. The molecule has 0 saturated carbocycles. The maximum atomic E-state index is 14.5. The molecule has 3 aromatic carbocycles. The standard InChI is InChI=1S/C37H30F4N4O4/c38-26-5-3-4-24(16-26)22-45-23-25(17-30-32(40)19-27(39)20-33(30)41)18-31(36(45)48)34(46)21-35(47)37(49)44-14-12-43(13-15-44)29-8-6-28(7-9-29)42-10-1-2-11-42/h1-11,16,18-21,23,46H,12-15,17,22H2/b34-21+. The number of hydrogen-bond donors (Lipinski definition) is 1. The third kappa shape index (κ3) is 7.48. The minimum atomic E-state index is -1.16. The number of ketones is 1. The quantitative estimate of drug-likeness (QED) is 0.0949. The van der Waals surface area contributed by atoms with Gasteiger partial charge in [-0.2, -0.15) is 0 Å². The minimum absolute atomic E-state index is 0.117. The van der Waals surface area contributed by atoms with Gasteiger partial charge in [-0.05, 0) is 65.7 Å². The summed E-state index contributed by atoms with van der Waals surface area (Å²) in [5.74, 6) is -6.76. The minimum Gasteiger partial charge on any atom is -0.507 e. The first-order chi connectivity index (χ1) is 23.5. The summed E-state index contributed by atoms with van der Waals surface area (Å²) in [6, 6.07) is 19.4. The predicted molar refractivity (Wildman–Crippen MR) is 176 cm³/mol. The van der Waals surface area contributed by atoms with Gasteiger partial charge in [0.2, 0.25) is 5.78 Å². The number of carbonyl (C=O) groups is 2. The van der Waals surface area contributed by atoms with Crippen LogP contribution in [-0.4, -0.2) is 57.0 Å². The zero-order valence-corrected chi connectivity index (χ0v) is 26.0. The molecule has 0 spiro atoms. The van der Waals surface area contributed by atoms with Gasteiger partial charge in [0.25, 0.3) is 11.5 Å². The molecule has 1 amide bonds. The fraction of sp³-hybridized carbons (Fsp3) is 0.162. The van der Waals surface area contributed by atoms with Crippen LogP contribution in [0.1, 0.15) is 22.3 Å². The van der Waals surface area contributed by atoms with Crippen molar-refractivity contribution < 1.29 is 32.3 Å². The van der Waals surface area contributed by atoms with Crippen molar-refractivity contribution in [2.75, 3.05) is 31.1 Å². The highest BCUT2D eigenvalue weighted by atomic mass is 19.1. The van der Waals surface area contributed by atoms with Crippen molar-refractivity contribution in [3.8, 4) is 5.69 Å². The van der Waals surface area contributed by atoms with E-state index < -0.39 is 63.8 Å². The Morgan fingerprint density at radius 2 is 1.41 bits per heavy atom. The number of carbonyl (C=O) groups excluding carboxylic acids is 2. The molecule has 1 aliphatic rings. The number of benzene rings is 3. The SMILES string of the molecule is O=C(/C=C(/O)c1cc(Cc2c(F)cc(F)cc2F)cn(Cc2cccc(F)c2)c1=O)C(=O)N1CCN(c2ccc(-n3cccc3)cc2)CC1. The topological polar surface area (TPSA) is 87.8 Å². The molecule has 49 heavy (non-hydrogen) atoms.